The second kappa shape index (κ2) is 6.42. The molecule has 0 heterocycles. The van der Waals surface area contributed by atoms with E-state index in [9.17, 15) is 28.5 Å². The fourth-order valence-corrected chi connectivity index (χ4v) is 1.43. The summed E-state index contributed by atoms with van der Waals surface area (Å²) in [6.45, 7) is 0. The Morgan fingerprint density at radius 2 is 2.10 bits per heavy atom. The van der Waals surface area contributed by atoms with Crippen LogP contribution in [-0.2, 0) is 4.79 Å². The molecule has 0 spiro atoms. The molecule has 0 saturated carbocycles. The molecule has 1 amide bonds. The van der Waals surface area contributed by atoms with Gasteiger partial charge in [0.2, 0.25) is 5.82 Å². The lowest BCUT2D eigenvalue weighted by atomic mass is 10.1. The van der Waals surface area contributed by atoms with Crippen molar-refractivity contribution in [1.29, 1.82) is 0 Å². The van der Waals surface area contributed by atoms with Crippen LogP contribution in [0.25, 0.3) is 0 Å². The monoisotopic (exact) mass is 298 g/mol. The molecule has 9 heteroatoms. The number of nitro groups is 1. The number of carbonyl (C=O) groups excluding carboxylic acids is 1. The van der Waals surface area contributed by atoms with Gasteiger partial charge in [0.25, 0.3) is 5.91 Å². The Morgan fingerprint density at radius 3 is 2.57 bits per heavy atom. The highest BCUT2D eigenvalue weighted by Crippen LogP contribution is 2.22. The molecule has 0 fully saturated rings. The number of hydrogen-bond donors (Lipinski definition) is 2. The van der Waals surface area contributed by atoms with Crippen LogP contribution in [0.15, 0.2) is 12.1 Å². The van der Waals surface area contributed by atoms with Crippen molar-refractivity contribution in [2.75, 3.05) is 0 Å². The number of nitrogens with zero attached hydrogens (tertiary/aromatic N) is 1. The number of benzene rings is 1. The lowest BCUT2D eigenvalue weighted by Crippen LogP contribution is -2.40. The molecule has 1 atom stereocenters. The van der Waals surface area contributed by atoms with Gasteiger partial charge in [-0.15, -0.1) is 12.3 Å². The zero-order valence-corrected chi connectivity index (χ0v) is 10.3. The first-order valence-electron chi connectivity index (χ1n) is 5.38. The van der Waals surface area contributed by atoms with Crippen molar-refractivity contribution < 1.29 is 28.4 Å². The SMILES string of the molecule is C#CCC(NC(=O)c1cc(F)cc([N+](=O)[O-])c1F)C(=O)O. The Bertz CT molecular complexity index is 654. The summed E-state index contributed by atoms with van der Waals surface area (Å²) >= 11 is 0. The summed E-state index contributed by atoms with van der Waals surface area (Å²) in [7, 11) is 0. The van der Waals surface area contributed by atoms with Gasteiger partial charge in [-0.1, -0.05) is 0 Å². The molecular weight excluding hydrogens is 290 g/mol. The van der Waals surface area contributed by atoms with E-state index >= 15 is 0 Å². The summed E-state index contributed by atoms with van der Waals surface area (Å²) in [4.78, 5) is 31.8. The number of rotatable bonds is 5. The first-order chi connectivity index (χ1) is 9.77. The van der Waals surface area contributed by atoms with E-state index in [2.05, 4.69) is 0 Å². The molecule has 1 unspecified atom stereocenters. The standard InChI is InChI=1S/C12H8F2N2O5/c1-2-3-8(12(18)19)15-11(17)7-4-6(13)5-9(10(7)14)16(20)21/h1,4-5,8H,3H2,(H,15,17)(H,18,19). The van der Waals surface area contributed by atoms with Gasteiger partial charge in [0.1, 0.15) is 11.9 Å². The Morgan fingerprint density at radius 1 is 1.48 bits per heavy atom. The van der Waals surface area contributed by atoms with Gasteiger partial charge in [-0.3, -0.25) is 14.9 Å². The van der Waals surface area contributed by atoms with Crippen LogP contribution in [0.5, 0.6) is 0 Å². The van der Waals surface area contributed by atoms with Gasteiger partial charge in [-0.25, -0.2) is 9.18 Å². The predicted octanol–water partition coefficient (Wildman–Crippen LogP) is 1.08. The maximum Gasteiger partial charge on any atom is 0.327 e. The van der Waals surface area contributed by atoms with Gasteiger partial charge in [0.15, 0.2) is 0 Å². The van der Waals surface area contributed by atoms with Crippen LogP contribution in [0.3, 0.4) is 0 Å². The van der Waals surface area contributed by atoms with Gasteiger partial charge in [-0.2, -0.15) is 4.39 Å². The molecule has 0 aromatic heterocycles. The quantitative estimate of drug-likeness (QED) is 0.480. The Balaban J connectivity index is 3.16. The molecule has 1 aromatic carbocycles. The number of amides is 1. The number of carbonyl (C=O) groups is 2. The summed E-state index contributed by atoms with van der Waals surface area (Å²) in [5.41, 5.74) is -2.21. The van der Waals surface area contributed by atoms with Crippen molar-refractivity contribution in [2.45, 2.75) is 12.5 Å². The maximum atomic E-state index is 13.7. The second-order valence-electron chi connectivity index (χ2n) is 3.82. The minimum Gasteiger partial charge on any atom is -0.480 e. The van der Waals surface area contributed by atoms with E-state index in [-0.39, 0.29) is 6.42 Å². The highest BCUT2D eigenvalue weighted by atomic mass is 19.1. The summed E-state index contributed by atoms with van der Waals surface area (Å²) in [5, 5.41) is 21.2. The highest BCUT2D eigenvalue weighted by Gasteiger charge is 2.27. The van der Waals surface area contributed by atoms with Crippen LogP contribution in [-0.4, -0.2) is 27.9 Å². The normalized spacial score (nSPS) is 11.3. The molecule has 0 aliphatic carbocycles. The zero-order valence-electron chi connectivity index (χ0n) is 10.3. The van der Waals surface area contributed by atoms with Crippen molar-refractivity contribution in [3.8, 4) is 12.3 Å². The minimum atomic E-state index is -1.57. The number of nitrogens with one attached hydrogen (secondary N) is 1. The van der Waals surface area contributed by atoms with E-state index in [1.807, 2.05) is 11.2 Å². The smallest absolute Gasteiger partial charge is 0.327 e. The van der Waals surface area contributed by atoms with Crippen molar-refractivity contribution in [1.82, 2.24) is 5.32 Å². The molecule has 21 heavy (non-hydrogen) atoms. The van der Waals surface area contributed by atoms with Crippen molar-refractivity contribution >= 4 is 17.6 Å². The lowest BCUT2D eigenvalue weighted by Gasteiger charge is -2.12. The average Bonchev–Trinajstić information content (AvgIpc) is 2.39. The van der Waals surface area contributed by atoms with Gasteiger partial charge >= 0.3 is 11.7 Å². The molecule has 110 valence electrons. The molecular formula is C12H8F2N2O5. The molecule has 0 radical (unpaired) electrons. The average molecular weight is 298 g/mol. The fraction of sp³-hybridized carbons (Fsp3) is 0.167. The summed E-state index contributed by atoms with van der Waals surface area (Å²) < 4.78 is 26.9. The van der Waals surface area contributed by atoms with Gasteiger partial charge < -0.3 is 10.4 Å². The molecule has 0 bridgehead atoms. The van der Waals surface area contributed by atoms with Crippen molar-refractivity contribution in [2.24, 2.45) is 0 Å². The Labute approximate surface area is 116 Å². The fourth-order valence-electron chi connectivity index (χ4n) is 1.43. The van der Waals surface area contributed by atoms with E-state index in [4.69, 9.17) is 11.5 Å². The van der Waals surface area contributed by atoms with Gasteiger partial charge in [0.05, 0.1) is 16.6 Å². The minimum absolute atomic E-state index is 0.308. The largest absolute Gasteiger partial charge is 0.480 e. The number of halogens is 2. The van der Waals surface area contributed by atoms with E-state index in [1.165, 1.54) is 0 Å². The van der Waals surface area contributed by atoms with Crippen LogP contribution in [0.4, 0.5) is 14.5 Å². The molecule has 0 saturated heterocycles. The number of terminal acetylenes is 1. The van der Waals surface area contributed by atoms with E-state index in [1.54, 1.807) is 0 Å². The molecule has 0 aliphatic heterocycles. The van der Waals surface area contributed by atoms with E-state index in [0.717, 1.165) is 0 Å². The number of nitro benzene ring substituents is 1. The Kier molecular flexibility index (Phi) is 4.91. The van der Waals surface area contributed by atoms with Crippen LogP contribution in [0.2, 0.25) is 0 Å². The Hall–Kier alpha value is -3.02. The molecule has 7 nitrogen and oxygen atoms in total. The molecule has 0 aliphatic rings. The third-order valence-corrected chi connectivity index (χ3v) is 2.38. The number of aliphatic carboxylic acids is 1. The molecule has 2 N–H and O–H groups in total. The number of carboxylic acid groups (broad SMARTS) is 1. The number of hydrogen-bond acceptors (Lipinski definition) is 4. The summed E-state index contributed by atoms with van der Waals surface area (Å²) in [6.07, 6.45) is 4.52. The van der Waals surface area contributed by atoms with Gasteiger partial charge in [-0.05, 0) is 6.07 Å². The lowest BCUT2D eigenvalue weighted by molar-refractivity contribution is -0.387. The van der Waals surface area contributed by atoms with Crippen LogP contribution >= 0.6 is 0 Å². The summed E-state index contributed by atoms with van der Waals surface area (Å²) in [5.74, 6) is -3.59. The van der Waals surface area contributed by atoms with Crippen LogP contribution in [0, 0.1) is 34.1 Å². The topological polar surface area (TPSA) is 110 Å². The highest BCUT2D eigenvalue weighted by molar-refractivity contribution is 5.97. The first-order valence-corrected chi connectivity index (χ1v) is 5.38. The first kappa shape index (κ1) is 16.0. The second-order valence-corrected chi connectivity index (χ2v) is 3.82. The summed E-state index contributed by atoms with van der Waals surface area (Å²) in [6, 6.07) is -0.793. The molecule has 1 rings (SSSR count). The van der Waals surface area contributed by atoms with Crippen LogP contribution < -0.4 is 5.32 Å². The molecule has 1 aromatic rings. The third kappa shape index (κ3) is 3.73. The van der Waals surface area contributed by atoms with Gasteiger partial charge in [0, 0.05) is 6.42 Å². The third-order valence-electron chi connectivity index (χ3n) is 2.38. The predicted molar refractivity (Wildman–Crippen MR) is 65.4 cm³/mol. The zero-order chi connectivity index (χ0) is 16.2. The van der Waals surface area contributed by atoms with E-state index in [0.29, 0.717) is 12.1 Å². The van der Waals surface area contributed by atoms with Crippen molar-refractivity contribution in [3.05, 3.63) is 39.4 Å². The van der Waals surface area contributed by atoms with Crippen LogP contribution in [0.1, 0.15) is 16.8 Å². The maximum absolute atomic E-state index is 13.7. The van der Waals surface area contributed by atoms with E-state index < -0.39 is 45.7 Å². The number of carboxylic acids is 1. The van der Waals surface area contributed by atoms with Crippen molar-refractivity contribution in [3.63, 3.8) is 0 Å².